The van der Waals surface area contributed by atoms with E-state index < -0.39 is 6.10 Å². The smallest absolute Gasteiger partial charge is 0.135 e. The van der Waals surface area contributed by atoms with E-state index in [1.807, 2.05) is 0 Å². The molecule has 0 aromatic rings. The summed E-state index contributed by atoms with van der Waals surface area (Å²) in [6.45, 7) is 0. The number of aliphatic imine (C=N–C) groups is 1. The van der Waals surface area contributed by atoms with Gasteiger partial charge >= 0.3 is 0 Å². The van der Waals surface area contributed by atoms with Crippen molar-refractivity contribution in [1.29, 1.82) is 0 Å². The molecule has 8 heavy (non-hydrogen) atoms. The van der Waals surface area contributed by atoms with Gasteiger partial charge in [0.1, 0.15) is 11.1 Å². The topological polar surface area (TPSA) is 32.6 Å². The van der Waals surface area contributed by atoms with Gasteiger partial charge in [0, 0.05) is 6.21 Å². The monoisotopic (exact) mass is 127 g/mol. The van der Waals surface area contributed by atoms with Crippen LogP contribution in [0.25, 0.3) is 0 Å². The average molecular weight is 127 g/mol. The SMILES string of the molecule is O[C@@H]1C=CC=NC1=S. The lowest BCUT2D eigenvalue weighted by Gasteiger charge is -2.03. The Labute approximate surface area is 52.6 Å². The van der Waals surface area contributed by atoms with Crippen LogP contribution in [0.5, 0.6) is 0 Å². The van der Waals surface area contributed by atoms with Crippen molar-refractivity contribution in [3.05, 3.63) is 12.2 Å². The molecule has 1 N–H and O–H groups in total. The van der Waals surface area contributed by atoms with E-state index in [9.17, 15) is 0 Å². The molecular weight excluding hydrogens is 122 g/mol. The van der Waals surface area contributed by atoms with Gasteiger partial charge in [0.15, 0.2) is 0 Å². The molecule has 0 fully saturated rings. The number of thiocarbonyl (C=S) groups is 1. The molecule has 1 aliphatic rings. The largest absolute Gasteiger partial charge is 0.382 e. The molecule has 0 spiro atoms. The Morgan fingerprint density at radius 2 is 2.50 bits per heavy atom. The van der Waals surface area contributed by atoms with Gasteiger partial charge in [0.25, 0.3) is 0 Å². The van der Waals surface area contributed by atoms with Crippen molar-refractivity contribution in [2.75, 3.05) is 0 Å². The van der Waals surface area contributed by atoms with Crippen LogP contribution in [0.15, 0.2) is 17.1 Å². The first-order valence-corrected chi connectivity index (χ1v) is 2.64. The maximum Gasteiger partial charge on any atom is 0.135 e. The summed E-state index contributed by atoms with van der Waals surface area (Å²) >= 11 is 4.63. The summed E-state index contributed by atoms with van der Waals surface area (Å²) in [5, 5.41) is 8.84. The van der Waals surface area contributed by atoms with Crippen molar-refractivity contribution in [3.63, 3.8) is 0 Å². The third-order valence-electron chi connectivity index (χ3n) is 0.834. The van der Waals surface area contributed by atoms with Crippen LogP contribution in [0.1, 0.15) is 0 Å². The minimum atomic E-state index is -0.644. The highest BCUT2D eigenvalue weighted by Crippen LogP contribution is 1.96. The number of dihydropyridines is 1. The Hall–Kier alpha value is -0.540. The highest BCUT2D eigenvalue weighted by Gasteiger charge is 2.05. The van der Waals surface area contributed by atoms with Crippen molar-refractivity contribution in [3.8, 4) is 0 Å². The summed E-state index contributed by atoms with van der Waals surface area (Å²) < 4.78 is 0. The van der Waals surface area contributed by atoms with Crippen molar-refractivity contribution in [1.82, 2.24) is 0 Å². The molecule has 2 nitrogen and oxygen atoms in total. The van der Waals surface area contributed by atoms with Gasteiger partial charge in [-0.25, -0.2) is 4.99 Å². The molecule has 0 amide bonds. The summed E-state index contributed by atoms with van der Waals surface area (Å²) in [7, 11) is 0. The number of aliphatic hydroxyl groups excluding tert-OH is 1. The van der Waals surface area contributed by atoms with Crippen LogP contribution in [-0.4, -0.2) is 22.4 Å². The van der Waals surface area contributed by atoms with Crippen molar-refractivity contribution >= 4 is 23.4 Å². The number of hydrogen-bond acceptors (Lipinski definition) is 2. The van der Waals surface area contributed by atoms with Crippen LogP contribution in [-0.2, 0) is 0 Å². The molecule has 0 bridgehead atoms. The number of allylic oxidation sites excluding steroid dienone is 1. The first kappa shape index (κ1) is 5.59. The lowest BCUT2D eigenvalue weighted by Crippen LogP contribution is -2.15. The van der Waals surface area contributed by atoms with Gasteiger partial charge in [-0.3, -0.25) is 0 Å². The van der Waals surface area contributed by atoms with Crippen LogP contribution in [0.4, 0.5) is 0 Å². The molecule has 0 aromatic heterocycles. The molecule has 1 heterocycles. The van der Waals surface area contributed by atoms with Crippen LogP contribution in [0.3, 0.4) is 0 Å². The van der Waals surface area contributed by atoms with Crippen molar-refractivity contribution in [2.45, 2.75) is 6.10 Å². The van der Waals surface area contributed by atoms with Gasteiger partial charge in [0.05, 0.1) is 0 Å². The molecule has 42 valence electrons. The highest BCUT2D eigenvalue weighted by atomic mass is 32.1. The van der Waals surface area contributed by atoms with Crippen LogP contribution in [0.2, 0.25) is 0 Å². The molecule has 0 aliphatic carbocycles. The lowest BCUT2D eigenvalue weighted by atomic mass is 10.3. The Kier molecular flexibility index (Phi) is 1.50. The standard InChI is InChI=1S/C5H5NOS/c7-4-2-1-3-6-5(4)8/h1-4,7H/t4-/m1/s1. The van der Waals surface area contributed by atoms with E-state index in [0.717, 1.165) is 0 Å². The third kappa shape index (κ3) is 0.993. The summed E-state index contributed by atoms with van der Waals surface area (Å²) in [6.07, 6.45) is 4.18. The van der Waals surface area contributed by atoms with Gasteiger partial charge in [0.2, 0.25) is 0 Å². The normalized spacial score (nSPS) is 26.6. The summed E-state index contributed by atoms with van der Waals surface area (Å²) in [4.78, 5) is 4.02. The second-order valence-electron chi connectivity index (χ2n) is 1.45. The van der Waals surface area contributed by atoms with E-state index in [4.69, 9.17) is 5.11 Å². The number of aliphatic hydroxyl groups is 1. The fraction of sp³-hybridized carbons (Fsp3) is 0.200. The summed E-state index contributed by atoms with van der Waals surface area (Å²) in [6, 6.07) is 0. The molecule has 1 atom stereocenters. The van der Waals surface area contributed by atoms with E-state index in [-0.39, 0.29) is 0 Å². The van der Waals surface area contributed by atoms with Crippen molar-refractivity contribution in [2.24, 2.45) is 4.99 Å². The zero-order valence-corrected chi connectivity index (χ0v) is 4.93. The predicted molar refractivity (Wildman–Crippen MR) is 36.2 cm³/mol. The predicted octanol–water partition coefficient (Wildman–Crippen LogP) is 0.315. The van der Waals surface area contributed by atoms with E-state index in [0.29, 0.717) is 4.99 Å². The Bertz CT molecular complexity index is 162. The maximum absolute atomic E-state index is 8.84. The zero-order chi connectivity index (χ0) is 5.98. The number of rotatable bonds is 0. The maximum atomic E-state index is 8.84. The van der Waals surface area contributed by atoms with E-state index in [1.165, 1.54) is 0 Å². The van der Waals surface area contributed by atoms with Crippen LogP contribution in [0, 0.1) is 0 Å². The molecule has 3 heteroatoms. The lowest BCUT2D eigenvalue weighted by molar-refractivity contribution is 0.290. The first-order valence-electron chi connectivity index (χ1n) is 2.23. The van der Waals surface area contributed by atoms with Gasteiger partial charge < -0.3 is 5.11 Å². The van der Waals surface area contributed by atoms with E-state index >= 15 is 0 Å². The minimum Gasteiger partial charge on any atom is -0.382 e. The van der Waals surface area contributed by atoms with E-state index in [1.54, 1.807) is 18.4 Å². The van der Waals surface area contributed by atoms with Crippen LogP contribution < -0.4 is 0 Å². The minimum absolute atomic E-state index is 0.340. The Balaban J connectivity index is 2.74. The fourth-order valence-electron chi connectivity index (χ4n) is 0.430. The molecule has 1 rings (SSSR count). The quantitative estimate of drug-likeness (QED) is 0.475. The molecule has 0 radical (unpaired) electrons. The number of hydrogen-bond donors (Lipinski definition) is 1. The second kappa shape index (κ2) is 2.15. The zero-order valence-electron chi connectivity index (χ0n) is 4.11. The molecule has 0 aromatic carbocycles. The van der Waals surface area contributed by atoms with Gasteiger partial charge in [-0.05, 0) is 12.2 Å². The summed E-state index contributed by atoms with van der Waals surface area (Å²) in [5.74, 6) is 0. The number of nitrogens with zero attached hydrogens (tertiary/aromatic N) is 1. The fourth-order valence-corrected chi connectivity index (χ4v) is 0.570. The second-order valence-corrected chi connectivity index (χ2v) is 1.86. The first-order chi connectivity index (χ1) is 3.80. The molecular formula is C5H5NOS. The van der Waals surface area contributed by atoms with E-state index in [2.05, 4.69) is 17.2 Å². The molecule has 0 saturated carbocycles. The Morgan fingerprint density at radius 1 is 1.75 bits per heavy atom. The summed E-state index contributed by atoms with van der Waals surface area (Å²) in [5.41, 5.74) is 0. The molecule has 1 aliphatic heterocycles. The molecule has 0 unspecified atom stereocenters. The third-order valence-corrected chi connectivity index (χ3v) is 1.18. The van der Waals surface area contributed by atoms with Crippen molar-refractivity contribution < 1.29 is 5.11 Å². The highest BCUT2D eigenvalue weighted by molar-refractivity contribution is 7.80. The molecule has 0 saturated heterocycles. The van der Waals surface area contributed by atoms with Crippen LogP contribution >= 0.6 is 12.2 Å². The average Bonchev–Trinajstić information content (AvgIpc) is 1.77. The van der Waals surface area contributed by atoms with Gasteiger partial charge in [-0.2, -0.15) is 0 Å². The van der Waals surface area contributed by atoms with Gasteiger partial charge in [-0.1, -0.05) is 12.2 Å². The Morgan fingerprint density at radius 3 is 2.88 bits per heavy atom. The van der Waals surface area contributed by atoms with Gasteiger partial charge in [-0.15, -0.1) is 0 Å².